The number of esters is 1. The molecular formula is C19H21N3O3S. The van der Waals surface area contributed by atoms with Gasteiger partial charge >= 0.3 is 5.97 Å². The number of rotatable bonds is 9. The van der Waals surface area contributed by atoms with Crippen LogP contribution in [-0.2, 0) is 22.4 Å². The monoisotopic (exact) mass is 371 g/mol. The number of aromatic nitrogens is 1. The second-order valence-corrected chi connectivity index (χ2v) is 6.07. The summed E-state index contributed by atoms with van der Waals surface area (Å²) in [5.74, 6) is 2.97. The number of anilines is 1. The van der Waals surface area contributed by atoms with Crippen LogP contribution >= 0.6 is 11.3 Å². The molecule has 0 radical (unpaired) electrons. The van der Waals surface area contributed by atoms with Gasteiger partial charge in [0.25, 0.3) is 0 Å². The first kappa shape index (κ1) is 19.5. The molecule has 1 aromatic carbocycles. The summed E-state index contributed by atoms with van der Waals surface area (Å²) in [6.07, 6.45) is 7.93. The summed E-state index contributed by atoms with van der Waals surface area (Å²) >= 11 is 1.38. The minimum absolute atomic E-state index is 0.161. The molecule has 1 aromatic heterocycles. The number of benzene rings is 1. The zero-order chi connectivity index (χ0) is 18.8. The van der Waals surface area contributed by atoms with Crippen LogP contribution in [0.5, 0.6) is 5.75 Å². The molecule has 0 bridgehead atoms. The molecule has 0 saturated carbocycles. The summed E-state index contributed by atoms with van der Waals surface area (Å²) in [4.78, 5) is 15.7. The van der Waals surface area contributed by atoms with E-state index in [2.05, 4.69) is 28.4 Å². The Hall–Kier alpha value is -2.85. The van der Waals surface area contributed by atoms with Crippen LogP contribution in [0, 0.1) is 12.3 Å². The van der Waals surface area contributed by atoms with E-state index in [0.717, 1.165) is 23.3 Å². The Labute approximate surface area is 157 Å². The van der Waals surface area contributed by atoms with Gasteiger partial charge in [-0.2, -0.15) is 5.10 Å². The highest BCUT2D eigenvalue weighted by atomic mass is 32.1. The number of terminal acetylenes is 1. The van der Waals surface area contributed by atoms with Gasteiger partial charge in [-0.3, -0.25) is 10.2 Å². The fourth-order valence-electron chi connectivity index (χ4n) is 2.18. The van der Waals surface area contributed by atoms with E-state index < -0.39 is 0 Å². The van der Waals surface area contributed by atoms with E-state index in [1.54, 1.807) is 13.1 Å². The summed E-state index contributed by atoms with van der Waals surface area (Å²) in [6.45, 7) is 4.45. The second kappa shape index (κ2) is 10.2. The van der Waals surface area contributed by atoms with Crippen molar-refractivity contribution in [3.8, 4) is 18.1 Å². The number of hydrazone groups is 1. The molecule has 0 spiro atoms. The molecule has 1 N–H and O–H groups in total. The average molecular weight is 371 g/mol. The standard InChI is InChI=1S/C19H21N3O3S/c1-4-9-25-17-8-7-14(10-15(17)5-2)12-20-22-19-21-16(13-26-19)11-18(23)24-6-3/h1,7-8,10,12-13H,5-6,9,11H2,2-3H3,(H,21,22). The number of nitrogens with zero attached hydrogens (tertiary/aromatic N) is 2. The highest BCUT2D eigenvalue weighted by Crippen LogP contribution is 2.20. The Morgan fingerprint density at radius 1 is 1.46 bits per heavy atom. The largest absolute Gasteiger partial charge is 0.481 e. The van der Waals surface area contributed by atoms with Gasteiger partial charge in [-0.25, -0.2) is 4.98 Å². The van der Waals surface area contributed by atoms with E-state index in [1.807, 2.05) is 23.6 Å². The van der Waals surface area contributed by atoms with E-state index in [-0.39, 0.29) is 19.0 Å². The van der Waals surface area contributed by atoms with Gasteiger partial charge in [0.15, 0.2) is 0 Å². The van der Waals surface area contributed by atoms with Crippen molar-refractivity contribution in [2.75, 3.05) is 18.6 Å². The molecule has 0 fully saturated rings. The van der Waals surface area contributed by atoms with Gasteiger partial charge in [-0.15, -0.1) is 17.8 Å². The van der Waals surface area contributed by atoms with Crippen molar-refractivity contribution in [1.82, 2.24) is 4.98 Å². The fraction of sp³-hybridized carbons (Fsp3) is 0.316. The Morgan fingerprint density at radius 2 is 2.31 bits per heavy atom. The van der Waals surface area contributed by atoms with Gasteiger partial charge in [0.05, 0.1) is 24.9 Å². The number of carbonyl (C=O) groups is 1. The van der Waals surface area contributed by atoms with E-state index in [1.165, 1.54) is 11.3 Å². The maximum atomic E-state index is 11.4. The summed E-state index contributed by atoms with van der Waals surface area (Å²) in [5.41, 5.74) is 5.53. The molecular weight excluding hydrogens is 350 g/mol. The van der Waals surface area contributed by atoms with Crippen LogP contribution in [0.4, 0.5) is 5.13 Å². The predicted octanol–water partition coefficient (Wildman–Crippen LogP) is 3.27. The van der Waals surface area contributed by atoms with E-state index in [0.29, 0.717) is 17.4 Å². The van der Waals surface area contributed by atoms with E-state index in [4.69, 9.17) is 15.9 Å². The van der Waals surface area contributed by atoms with Gasteiger partial charge in [-0.05, 0) is 42.7 Å². The van der Waals surface area contributed by atoms with Crippen molar-refractivity contribution >= 4 is 28.7 Å². The lowest BCUT2D eigenvalue weighted by molar-refractivity contribution is -0.142. The third-order valence-corrected chi connectivity index (χ3v) is 4.13. The van der Waals surface area contributed by atoms with E-state index >= 15 is 0 Å². The Bertz CT molecular complexity index is 809. The fourth-order valence-corrected chi connectivity index (χ4v) is 2.84. The lowest BCUT2D eigenvalue weighted by atomic mass is 10.1. The number of thiazole rings is 1. The van der Waals surface area contributed by atoms with Gasteiger partial charge in [0, 0.05) is 5.38 Å². The Balaban J connectivity index is 1.95. The van der Waals surface area contributed by atoms with Crippen molar-refractivity contribution < 1.29 is 14.3 Å². The summed E-state index contributed by atoms with van der Waals surface area (Å²) in [7, 11) is 0. The molecule has 0 aliphatic rings. The molecule has 1 heterocycles. The van der Waals surface area contributed by atoms with Crippen molar-refractivity contribution in [2.24, 2.45) is 5.10 Å². The van der Waals surface area contributed by atoms with Crippen LogP contribution in [0.25, 0.3) is 0 Å². The molecule has 6 nitrogen and oxygen atoms in total. The summed E-state index contributed by atoms with van der Waals surface area (Å²) in [6, 6.07) is 5.80. The van der Waals surface area contributed by atoms with Crippen LogP contribution in [-0.4, -0.2) is 30.4 Å². The smallest absolute Gasteiger partial charge is 0.311 e. The lowest BCUT2D eigenvalue weighted by Gasteiger charge is -2.08. The molecule has 136 valence electrons. The third kappa shape index (κ3) is 5.90. The van der Waals surface area contributed by atoms with Crippen LogP contribution in [0.2, 0.25) is 0 Å². The predicted molar refractivity (Wildman–Crippen MR) is 104 cm³/mol. The lowest BCUT2D eigenvalue weighted by Crippen LogP contribution is -2.07. The van der Waals surface area contributed by atoms with Crippen molar-refractivity contribution in [2.45, 2.75) is 26.7 Å². The average Bonchev–Trinajstić information content (AvgIpc) is 3.07. The first-order valence-electron chi connectivity index (χ1n) is 8.24. The number of nitrogens with one attached hydrogen (secondary N) is 1. The molecule has 0 atom stereocenters. The van der Waals surface area contributed by atoms with Crippen LogP contribution < -0.4 is 10.2 Å². The zero-order valence-corrected chi connectivity index (χ0v) is 15.6. The number of ether oxygens (including phenoxy) is 2. The first-order valence-corrected chi connectivity index (χ1v) is 9.12. The van der Waals surface area contributed by atoms with Crippen molar-refractivity contribution in [3.63, 3.8) is 0 Å². The topological polar surface area (TPSA) is 72.8 Å². The number of aryl methyl sites for hydroxylation is 1. The van der Waals surface area contributed by atoms with E-state index in [9.17, 15) is 4.79 Å². The molecule has 26 heavy (non-hydrogen) atoms. The van der Waals surface area contributed by atoms with Gasteiger partial charge in [-0.1, -0.05) is 12.8 Å². The highest BCUT2D eigenvalue weighted by molar-refractivity contribution is 7.13. The highest BCUT2D eigenvalue weighted by Gasteiger charge is 2.08. The van der Waals surface area contributed by atoms with Crippen molar-refractivity contribution in [1.29, 1.82) is 0 Å². The van der Waals surface area contributed by atoms with Crippen molar-refractivity contribution in [3.05, 3.63) is 40.4 Å². The normalized spacial score (nSPS) is 10.5. The quantitative estimate of drug-likeness (QED) is 0.317. The summed E-state index contributed by atoms with van der Waals surface area (Å²) < 4.78 is 10.4. The molecule has 0 unspecified atom stereocenters. The molecule has 0 saturated heterocycles. The van der Waals surface area contributed by atoms with Crippen LogP contribution in [0.15, 0.2) is 28.7 Å². The Kier molecular flexibility index (Phi) is 7.65. The van der Waals surface area contributed by atoms with Gasteiger partial charge < -0.3 is 9.47 Å². The number of hydrogen-bond acceptors (Lipinski definition) is 7. The molecule has 2 aromatic rings. The maximum absolute atomic E-state index is 11.4. The summed E-state index contributed by atoms with van der Waals surface area (Å²) in [5, 5.41) is 6.61. The Morgan fingerprint density at radius 3 is 3.04 bits per heavy atom. The molecule has 0 amide bonds. The molecule has 0 aliphatic heterocycles. The molecule has 2 rings (SSSR count). The second-order valence-electron chi connectivity index (χ2n) is 5.21. The SMILES string of the molecule is C#CCOc1ccc(C=NNc2nc(CC(=O)OCC)cs2)cc1CC. The number of hydrogen-bond donors (Lipinski definition) is 1. The van der Waals surface area contributed by atoms with Crippen LogP contribution in [0.3, 0.4) is 0 Å². The minimum atomic E-state index is -0.285. The first-order chi connectivity index (χ1) is 12.7. The molecule has 7 heteroatoms. The maximum Gasteiger partial charge on any atom is 0.311 e. The van der Waals surface area contributed by atoms with Crippen LogP contribution in [0.1, 0.15) is 30.7 Å². The third-order valence-electron chi connectivity index (χ3n) is 3.33. The molecule has 0 aliphatic carbocycles. The zero-order valence-electron chi connectivity index (χ0n) is 14.8. The number of carbonyl (C=O) groups excluding carboxylic acids is 1. The van der Waals surface area contributed by atoms with Gasteiger partial charge in [0.1, 0.15) is 12.4 Å². The minimum Gasteiger partial charge on any atom is -0.481 e. The van der Waals surface area contributed by atoms with Gasteiger partial charge in [0.2, 0.25) is 5.13 Å².